The zero-order valence-electron chi connectivity index (χ0n) is 23.3. The fourth-order valence-corrected chi connectivity index (χ4v) is 6.21. The second-order valence-electron chi connectivity index (χ2n) is 11.6. The lowest BCUT2D eigenvalue weighted by atomic mass is 10.0. The highest BCUT2D eigenvalue weighted by Gasteiger charge is 2.37. The summed E-state index contributed by atoms with van der Waals surface area (Å²) in [6.07, 6.45) is 3.18. The molecular weight excluding hydrogens is 557 g/mol. The van der Waals surface area contributed by atoms with E-state index in [9.17, 15) is 8.94 Å². The van der Waals surface area contributed by atoms with E-state index in [0.717, 1.165) is 26.6 Å². The van der Waals surface area contributed by atoms with E-state index in [2.05, 4.69) is 48.6 Å². The highest BCUT2D eigenvalue weighted by molar-refractivity contribution is 7.99. The summed E-state index contributed by atoms with van der Waals surface area (Å²) in [5.41, 5.74) is 3.24. The van der Waals surface area contributed by atoms with Crippen molar-refractivity contribution in [2.75, 3.05) is 0 Å². The number of hydrogen-bond donors (Lipinski definition) is 1. The highest BCUT2D eigenvalue weighted by atomic mass is 35.5. The Morgan fingerprint density at radius 3 is 2.37 bits per heavy atom. The average Bonchev–Trinajstić information content (AvgIpc) is 2.82. The predicted octanol–water partition coefficient (Wildman–Crippen LogP) is 8.16. The summed E-state index contributed by atoms with van der Waals surface area (Å²) in [5, 5.41) is 1.40. The Kier molecular flexibility index (Phi) is 10.1. The molecule has 38 heavy (non-hydrogen) atoms. The predicted molar refractivity (Wildman–Crippen MR) is 160 cm³/mol. The summed E-state index contributed by atoms with van der Waals surface area (Å²) in [6.45, 7) is 17.6. The number of nitrogens with zero attached hydrogens (tertiary/aromatic N) is 2. The Bertz CT molecular complexity index is 1270. The van der Waals surface area contributed by atoms with Crippen LogP contribution < -0.4 is 4.72 Å². The minimum absolute atomic E-state index is 0.0929. The Balaban J connectivity index is 1.99. The second kappa shape index (κ2) is 12.4. The molecule has 0 spiro atoms. The van der Waals surface area contributed by atoms with Crippen molar-refractivity contribution in [3.63, 3.8) is 0 Å². The second-order valence-corrected chi connectivity index (χ2v) is 19.9. The topological polar surface area (TPSA) is 70.1 Å². The van der Waals surface area contributed by atoms with Crippen molar-refractivity contribution in [3.8, 4) is 11.1 Å². The van der Waals surface area contributed by atoms with Gasteiger partial charge in [-0.2, -0.15) is 4.39 Å². The first kappa shape index (κ1) is 31.1. The molecule has 0 saturated heterocycles. The van der Waals surface area contributed by atoms with Crippen molar-refractivity contribution < 1.29 is 13.4 Å². The molecule has 0 aliphatic carbocycles. The molecule has 2 heterocycles. The van der Waals surface area contributed by atoms with Crippen molar-refractivity contribution in [2.24, 2.45) is 0 Å². The highest BCUT2D eigenvalue weighted by Crippen LogP contribution is 2.41. The molecule has 1 N–H and O–H groups in total. The van der Waals surface area contributed by atoms with Crippen molar-refractivity contribution in [1.29, 1.82) is 0 Å². The number of pyridine rings is 2. The molecule has 1 aromatic carbocycles. The molecule has 0 radical (unpaired) electrons. The number of halogens is 2. The van der Waals surface area contributed by atoms with Crippen LogP contribution in [0.3, 0.4) is 0 Å². The number of benzene rings is 1. The maximum atomic E-state index is 13.9. The van der Waals surface area contributed by atoms with Crippen LogP contribution in [0.15, 0.2) is 58.7 Å². The van der Waals surface area contributed by atoms with Crippen LogP contribution in [-0.2, 0) is 28.9 Å². The van der Waals surface area contributed by atoms with Gasteiger partial charge in [-0.05, 0) is 79.9 Å². The van der Waals surface area contributed by atoms with Crippen LogP contribution in [0.4, 0.5) is 4.39 Å². The monoisotopic (exact) mass is 593 g/mol. The molecule has 2 aromatic heterocycles. The van der Waals surface area contributed by atoms with Gasteiger partial charge in [0.25, 0.3) is 0 Å². The molecule has 10 heteroatoms. The molecule has 1 unspecified atom stereocenters. The van der Waals surface area contributed by atoms with Crippen molar-refractivity contribution in [2.45, 2.75) is 87.5 Å². The molecule has 0 bridgehead atoms. The Hall–Kier alpha value is -1.46. The van der Waals surface area contributed by atoms with E-state index in [1.54, 1.807) is 12.3 Å². The molecule has 0 saturated carbocycles. The fourth-order valence-electron chi connectivity index (χ4n) is 3.20. The lowest BCUT2D eigenvalue weighted by Crippen LogP contribution is -2.40. The van der Waals surface area contributed by atoms with Crippen molar-refractivity contribution in [1.82, 2.24) is 14.7 Å². The van der Waals surface area contributed by atoms with Crippen molar-refractivity contribution in [3.05, 3.63) is 70.9 Å². The van der Waals surface area contributed by atoms with Gasteiger partial charge in [-0.3, -0.25) is 0 Å². The van der Waals surface area contributed by atoms with Gasteiger partial charge >= 0.3 is 0 Å². The lowest BCUT2D eigenvalue weighted by Gasteiger charge is -2.36. The van der Waals surface area contributed by atoms with E-state index in [-0.39, 0.29) is 5.04 Å². The van der Waals surface area contributed by atoms with E-state index >= 15 is 0 Å². The van der Waals surface area contributed by atoms with E-state index in [0.29, 0.717) is 23.7 Å². The smallest absolute Gasteiger partial charge is 0.213 e. The van der Waals surface area contributed by atoms with Gasteiger partial charge in [0, 0.05) is 40.3 Å². The maximum absolute atomic E-state index is 13.9. The molecule has 5 nitrogen and oxygen atoms in total. The third kappa shape index (κ3) is 8.03. The molecule has 0 fully saturated rings. The molecule has 206 valence electrons. The van der Waals surface area contributed by atoms with Crippen molar-refractivity contribution >= 4 is 43.0 Å². The van der Waals surface area contributed by atoms with Crippen LogP contribution in [0.25, 0.3) is 11.1 Å². The number of nitrogens with one attached hydrogen (secondary N) is 1. The van der Waals surface area contributed by atoms with Crippen LogP contribution in [-0.4, -0.2) is 27.6 Å². The zero-order chi connectivity index (χ0) is 28.3. The van der Waals surface area contributed by atoms with Gasteiger partial charge in [0.05, 0.1) is 18.2 Å². The molecule has 0 aliphatic heterocycles. The van der Waals surface area contributed by atoms with Gasteiger partial charge < -0.3 is 8.98 Å². The summed E-state index contributed by atoms with van der Waals surface area (Å²) in [6, 6.07) is 10.8. The summed E-state index contributed by atoms with van der Waals surface area (Å²) in [4.78, 5) is 9.10. The summed E-state index contributed by atoms with van der Waals surface area (Å²) in [5.74, 6) is -0.564. The Labute approximate surface area is 239 Å². The Morgan fingerprint density at radius 2 is 1.74 bits per heavy atom. The first-order chi connectivity index (χ1) is 17.6. The first-order valence-corrected chi connectivity index (χ1v) is 17.7. The first-order valence-electron chi connectivity index (χ1n) is 12.4. The van der Waals surface area contributed by atoms with E-state index in [1.165, 1.54) is 24.0 Å². The van der Waals surface area contributed by atoms with Crippen LogP contribution in [0.2, 0.25) is 23.2 Å². The SMILES string of the molecule is CC(C)(C)[S+]([O-])NCc1cc(-c2ccnc(F)c2)cc(Cl)c1Sc1ncccc1CO[Si](C)(C)C(C)(C)C. The molecule has 0 amide bonds. The third-order valence-corrected chi connectivity index (χ3v) is 14.2. The Morgan fingerprint density at radius 1 is 1.03 bits per heavy atom. The lowest BCUT2D eigenvalue weighted by molar-refractivity contribution is 0.273. The molecule has 3 aromatic rings. The van der Waals surface area contributed by atoms with E-state index in [4.69, 9.17) is 16.0 Å². The summed E-state index contributed by atoms with van der Waals surface area (Å²) < 4.78 is 35.8. The standard InChI is InChI=1S/C28H37ClFN3O2S2Si/c1-27(2,3)37(34)33-17-22-14-21(19-11-13-31-24(30)16-19)15-23(29)25(22)36-26-20(10-9-12-32-26)18-35-38(7,8)28(4,5)6/h9-16,33H,17-18H2,1-8H3. The summed E-state index contributed by atoms with van der Waals surface area (Å²) in [7, 11) is -1.96. The molecule has 0 aliphatic rings. The molecule has 1 atom stereocenters. The zero-order valence-corrected chi connectivity index (χ0v) is 26.7. The minimum atomic E-state index is -1.96. The van der Waals surface area contributed by atoms with Crippen LogP contribution in [0.1, 0.15) is 52.7 Å². The van der Waals surface area contributed by atoms with Gasteiger partial charge in [0.1, 0.15) is 9.77 Å². The van der Waals surface area contributed by atoms with Crippen LogP contribution >= 0.6 is 23.4 Å². The summed E-state index contributed by atoms with van der Waals surface area (Å²) >= 11 is 7.03. The number of hydrogen-bond acceptors (Lipinski definition) is 6. The van der Waals surface area contributed by atoms with E-state index < -0.39 is 30.4 Å². The minimum Gasteiger partial charge on any atom is -0.598 e. The van der Waals surface area contributed by atoms with Gasteiger partial charge in [0.2, 0.25) is 5.95 Å². The normalized spacial score (nSPS) is 13.6. The maximum Gasteiger partial charge on any atom is 0.213 e. The quantitative estimate of drug-likeness (QED) is 0.153. The van der Waals surface area contributed by atoms with Gasteiger partial charge in [-0.15, -0.1) is 4.72 Å². The van der Waals surface area contributed by atoms with E-state index in [1.807, 2.05) is 45.0 Å². The largest absolute Gasteiger partial charge is 0.598 e. The van der Waals surface area contributed by atoms with Crippen LogP contribution in [0, 0.1) is 5.95 Å². The fraction of sp³-hybridized carbons (Fsp3) is 0.429. The van der Waals surface area contributed by atoms with Crippen LogP contribution in [0.5, 0.6) is 0 Å². The number of aromatic nitrogens is 2. The van der Waals surface area contributed by atoms with Gasteiger partial charge in [-0.1, -0.05) is 50.2 Å². The average molecular weight is 594 g/mol. The molecule has 3 rings (SSSR count). The molecular formula is C28H37ClFN3O2S2Si. The third-order valence-electron chi connectivity index (χ3n) is 6.57. The number of rotatable bonds is 9. The van der Waals surface area contributed by atoms with Gasteiger partial charge in [-0.25, -0.2) is 9.97 Å². The van der Waals surface area contributed by atoms with Gasteiger partial charge in [0.15, 0.2) is 8.32 Å².